The van der Waals surface area contributed by atoms with Gasteiger partial charge in [-0.3, -0.25) is 14.4 Å². The Morgan fingerprint density at radius 1 is 1.06 bits per heavy atom. The molecule has 0 bridgehead atoms. The van der Waals surface area contributed by atoms with Crippen LogP contribution in [0.15, 0.2) is 53.3 Å². The van der Waals surface area contributed by atoms with Crippen LogP contribution in [0.1, 0.15) is 50.3 Å². The number of thiazole rings is 1. The standard InChI is InChI=1S/C25H23IN4O3S/c1-4-6-18-13-20(31)30-21(23(32)27-17-11-9-16(26)10-12-17)22(34-25(30)28-18)24(33)29-19-8-5-7-14(2)15(19)3/h5,7-13H,4,6H2,1-3H3,(H,27,32)(H,29,33). The summed E-state index contributed by atoms with van der Waals surface area (Å²) in [5, 5.41) is 5.71. The number of amides is 2. The first-order valence-electron chi connectivity index (χ1n) is 10.8. The van der Waals surface area contributed by atoms with Crippen molar-refractivity contribution >= 4 is 62.1 Å². The number of hydrogen-bond donors (Lipinski definition) is 2. The monoisotopic (exact) mass is 586 g/mol. The zero-order valence-corrected chi connectivity index (χ0v) is 21.9. The van der Waals surface area contributed by atoms with E-state index in [4.69, 9.17) is 0 Å². The van der Waals surface area contributed by atoms with Crippen molar-refractivity contribution in [3.63, 3.8) is 0 Å². The number of anilines is 2. The fourth-order valence-electron chi connectivity index (χ4n) is 3.55. The highest BCUT2D eigenvalue weighted by Gasteiger charge is 2.27. The van der Waals surface area contributed by atoms with Gasteiger partial charge >= 0.3 is 0 Å². The highest BCUT2D eigenvalue weighted by atomic mass is 127. The minimum Gasteiger partial charge on any atom is -0.321 e. The number of halogens is 1. The molecule has 2 aromatic carbocycles. The molecule has 174 valence electrons. The highest BCUT2D eigenvalue weighted by molar-refractivity contribution is 14.1. The van der Waals surface area contributed by atoms with Gasteiger partial charge in [0.15, 0.2) is 4.96 Å². The summed E-state index contributed by atoms with van der Waals surface area (Å²) in [7, 11) is 0. The number of rotatable bonds is 6. The fraction of sp³-hybridized carbons (Fsp3) is 0.200. The topological polar surface area (TPSA) is 92.6 Å². The van der Waals surface area contributed by atoms with Gasteiger partial charge in [-0.25, -0.2) is 9.38 Å². The molecule has 0 aliphatic carbocycles. The summed E-state index contributed by atoms with van der Waals surface area (Å²) < 4.78 is 2.25. The zero-order valence-electron chi connectivity index (χ0n) is 18.9. The number of carbonyl (C=O) groups is 2. The molecule has 2 amide bonds. The number of hydrogen-bond acceptors (Lipinski definition) is 5. The van der Waals surface area contributed by atoms with Crippen LogP contribution in [0.5, 0.6) is 0 Å². The van der Waals surface area contributed by atoms with Gasteiger partial charge in [-0.05, 0) is 84.3 Å². The van der Waals surface area contributed by atoms with Crippen molar-refractivity contribution in [2.75, 3.05) is 10.6 Å². The molecule has 7 nitrogen and oxygen atoms in total. The van der Waals surface area contributed by atoms with Crippen LogP contribution in [-0.2, 0) is 6.42 Å². The fourth-order valence-corrected chi connectivity index (χ4v) is 4.96. The number of nitrogens with zero attached hydrogens (tertiary/aromatic N) is 2. The van der Waals surface area contributed by atoms with E-state index in [2.05, 4.69) is 38.2 Å². The Kier molecular flexibility index (Phi) is 7.13. The first kappa shape index (κ1) is 24.1. The molecular formula is C25H23IN4O3S. The maximum Gasteiger partial charge on any atom is 0.274 e. The molecular weight excluding hydrogens is 563 g/mol. The first-order chi connectivity index (χ1) is 16.3. The normalized spacial score (nSPS) is 10.9. The molecule has 0 spiro atoms. The van der Waals surface area contributed by atoms with Crippen molar-refractivity contribution in [1.29, 1.82) is 0 Å². The molecule has 0 atom stereocenters. The summed E-state index contributed by atoms with van der Waals surface area (Å²) in [4.78, 5) is 44.7. The molecule has 0 aliphatic heterocycles. The van der Waals surface area contributed by atoms with Gasteiger partial charge in [-0.15, -0.1) is 0 Å². The van der Waals surface area contributed by atoms with E-state index >= 15 is 0 Å². The third-order valence-electron chi connectivity index (χ3n) is 5.46. The third kappa shape index (κ3) is 4.90. The van der Waals surface area contributed by atoms with E-state index in [1.54, 1.807) is 12.1 Å². The molecule has 2 N–H and O–H groups in total. The van der Waals surface area contributed by atoms with E-state index < -0.39 is 11.8 Å². The summed E-state index contributed by atoms with van der Waals surface area (Å²) in [6.45, 7) is 5.88. The second-order valence-electron chi connectivity index (χ2n) is 7.90. The van der Waals surface area contributed by atoms with E-state index in [-0.39, 0.29) is 16.1 Å². The third-order valence-corrected chi connectivity index (χ3v) is 7.21. The molecule has 9 heteroatoms. The number of fused-ring (bicyclic) bond motifs is 1. The predicted molar refractivity (Wildman–Crippen MR) is 144 cm³/mol. The molecule has 0 saturated carbocycles. The molecule has 4 aromatic rings. The van der Waals surface area contributed by atoms with Crippen molar-refractivity contribution < 1.29 is 9.59 Å². The van der Waals surface area contributed by atoms with Gasteiger partial charge in [0.05, 0.1) is 0 Å². The summed E-state index contributed by atoms with van der Waals surface area (Å²) >= 11 is 3.21. The van der Waals surface area contributed by atoms with Crippen LogP contribution in [0.4, 0.5) is 11.4 Å². The molecule has 4 rings (SSSR count). The Morgan fingerprint density at radius 2 is 1.79 bits per heavy atom. The molecule has 2 aromatic heterocycles. The predicted octanol–water partition coefficient (Wildman–Crippen LogP) is 5.43. The van der Waals surface area contributed by atoms with Crippen LogP contribution in [0.3, 0.4) is 0 Å². The van der Waals surface area contributed by atoms with Crippen LogP contribution < -0.4 is 16.2 Å². The lowest BCUT2D eigenvalue weighted by Gasteiger charge is -2.11. The quantitative estimate of drug-likeness (QED) is 0.295. The zero-order chi connectivity index (χ0) is 24.4. The lowest BCUT2D eigenvalue weighted by molar-refractivity contribution is 0.0989. The summed E-state index contributed by atoms with van der Waals surface area (Å²) in [5.74, 6) is -1.01. The summed E-state index contributed by atoms with van der Waals surface area (Å²) in [5.41, 5.74) is 3.41. The minimum absolute atomic E-state index is 0.0260. The Morgan fingerprint density at radius 3 is 2.50 bits per heavy atom. The molecule has 2 heterocycles. The minimum atomic E-state index is -0.550. The van der Waals surface area contributed by atoms with Crippen molar-refractivity contribution in [2.24, 2.45) is 0 Å². The van der Waals surface area contributed by atoms with Crippen molar-refractivity contribution in [2.45, 2.75) is 33.6 Å². The lowest BCUT2D eigenvalue weighted by atomic mass is 10.1. The number of nitrogens with one attached hydrogen (secondary N) is 2. The second kappa shape index (κ2) is 10.1. The van der Waals surface area contributed by atoms with Crippen molar-refractivity contribution in [3.05, 3.63) is 89.8 Å². The van der Waals surface area contributed by atoms with E-state index in [9.17, 15) is 14.4 Å². The lowest BCUT2D eigenvalue weighted by Crippen LogP contribution is -2.25. The van der Waals surface area contributed by atoms with E-state index in [1.807, 2.05) is 51.1 Å². The Balaban J connectivity index is 1.82. The van der Waals surface area contributed by atoms with E-state index in [1.165, 1.54) is 10.5 Å². The Hall–Kier alpha value is -3.05. The van der Waals surface area contributed by atoms with Crippen LogP contribution in [0.25, 0.3) is 4.96 Å². The summed E-state index contributed by atoms with van der Waals surface area (Å²) in [6.07, 6.45) is 1.46. The van der Waals surface area contributed by atoms with Gasteiger partial charge in [-0.1, -0.05) is 36.8 Å². The molecule has 0 unspecified atom stereocenters. The highest BCUT2D eigenvalue weighted by Crippen LogP contribution is 2.26. The van der Waals surface area contributed by atoms with Crippen LogP contribution in [-0.4, -0.2) is 21.2 Å². The number of benzene rings is 2. The Bertz CT molecular complexity index is 1460. The molecule has 0 radical (unpaired) electrons. The number of aryl methyl sites for hydroxylation is 2. The number of aromatic nitrogens is 2. The van der Waals surface area contributed by atoms with Gasteiger partial charge in [0, 0.05) is 26.7 Å². The van der Waals surface area contributed by atoms with Gasteiger partial charge < -0.3 is 10.6 Å². The first-order valence-corrected chi connectivity index (χ1v) is 12.7. The summed E-state index contributed by atoms with van der Waals surface area (Å²) in [6, 6.07) is 14.3. The largest absolute Gasteiger partial charge is 0.321 e. The maximum atomic E-state index is 13.4. The maximum absolute atomic E-state index is 13.4. The number of carbonyl (C=O) groups excluding carboxylic acids is 2. The SMILES string of the molecule is CCCc1cc(=O)n2c(C(=O)Nc3ccc(I)cc3)c(C(=O)Nc3cccc(C)c3C)sc2n1. The van der Waals surface area contributed by atoms with Crippen LogP contribution >= 0.6 is 33.9 Å². The van der Waals surface area contributed by atoms with Gasteiger partial charge in [0.1, 0.15) is 10.6 Å². The molecule has 0 saturated heterocycles. The second-order valence-corrected chi connectivity index (χ2v) is 10.1. The van der Waals surface area contributed by atoms with E-state index in [0.717, 1.165) is 32.5 Å². The van der Waals surface area contributed by atoms with Gasteiger partial charge in [-0.2, -0.15) is 0 Å². The van der Waals surface area contributed by atoms with Crippen molar-refractivity contribution in [1.82, 2.24) is 9.38 Å². The molecule has 34 heavy (non-hydrogen) atoms. The average Bonchev–Trinajstić information content (AvgIpc) is 3.19. The molecule has 0 aliphatic rings. The molecule has 0 fully saturated rings. The van der Waals surface area contributed by atoms with E-state index in [0.29, 0.717) is 28.5 Å². The Labute approximate surface area is 214 Å². The average molecular weight is 586 g/mol. The van der Waals surface area contributed by atoms with Crippen LogP contribution in [0.2, 0.25) is 0 Å². The smallest absolute Gasteiger partial charge is 0.274 e. The van der Waals surface area contributed by atoms with Gasteiger partial charge in [0.25, 0.3) is 17.4 Å². The van der Waals surface area contributed by atoms with Crippen LogP contribution in [0, 0.1) is 17.4 Å². The van der Waals surface area contributed by atoms with Gasteiger partial charge in [0.2, 0.25) is 0 Å². The van der Waals surface area contributed by atoms with Crippen molar-refractivity contribution in [3.8, 4) is 0 Å².